The predicted molar refractivity (Wildman–Crippen MR) is 44.5 cm³/mol. The maximum absolute atomic E-state index is 11.2. The molecule has 0 saturated carbocycles. The van der Waals surface area contributed by atoms with Crippen LogP contribution in [0.1, 0.15) is 0 Å². The van der Waals surface area contributed by atoms with E-state index in [1.54, 1.807) is 24.3 Å². The summed E-state index contributed by atoms with van der Waals surface area (Å²) in [5.41, 5.74) is 0. The Balaban J connectivity index is 2.49. The SMILES string of the molecule is O=C1OC(=O)C2(Br)C=CC=CC12. The van der Waals surface area contributed by atoms with Crippen molar-refractivity contribution >= 4 is 27.9 Å². The van der Waals surface area contributed by atoms with Gasteiger partial charge >= 0.3 is 11.9 Å². The number of halogens is 1. The summed E-state index contributed by atoms with van der Waals surface area (Å²) >= 11 is 3.20. The van der Waals surface area contributed by atoms with Crippen molar-refractivity contribution in [1.29, 1.82) is 0 Å². The van der Waals surface area contributed by atoms with Crippen LogP contribution in [0.2, 0.25) is 0 Å². The van der Waals surface area contributed by atoms with Gasteiger partial charge < -0.3 is 4.74 Å². The lowest BCUT2D eigenvalue weighted by atomic mass is 9.91. The summed E-state index contributed by atoms with van der Waals surface area (Å²) in [7, 11) is 0. The van der Waals surface area contributed by atoms with Crippen LogP contribution >= 0.6 is 15.9 Å². The molecule has 3 nitrogen and oxygen atoms in total. The molecule has 1 aliphatic heterocycles. The quantitative estimate of drug-likeness (QED) is 0.352. The summed E-state index contributed by atoms with van der Waals surface area (Å²) in [5, 5.41) is 0. The number of carbonyl (C=O) groups excluding carboxylic acids is 2. The van der Waals surface area contributed by atoms with E-state index in [9.17, 15) is 9.59 Å². The Kier molecular flexibility index (Phi) is 1.48. The van der Waals surface area contributed by atoms with Crippen LogP contribution in [0.5, 0.6) is 0 Å². The highest BCUT2D eigenvalue weighted by molar-refractivity contribution is 9.10. The van der Waals surface area contributed by atoms with Crippen molar-refractivity contribution in [1.82, 2.24) is 0 Å². The van der Waals surface area contributed by atoms with Gasteiger partial charge in [0, 0.05) is 0 Å². The second kappa shape index (κ2) is 2.29. The van der Waals surface area contributed by atoms with Gasteiger partial charge in [0.25, 0.3) is 0 Å². The van der Waals surface area contributed by atoms with E-state index in [1.807, 2.05) is 0 Å². The Morgan fingerprint density at radius 3 is 2.83 bits per heavy atom. The minimum atomic E-state index is -0.946. The van der Waals surface area contributed by atoms with Gasteiger partial charge in [-0.1, -0.05) is 40.2 Å². The van der Waals surface area contributed by atoms with Crippen molar-refractivity contribution in [3.63, 3.8) is 0 Å². The number of fused-ring (bicyclic) bond motifs is 1. The molecule has 2 rings (SSSR count). The third kappa shape index (κ3) is 0.813. The topological polar surface area (TPSA) is 43.4 Å². The Bertz CT molecular complexity index is 318. The number of allylic oxidation sites excluding steroid dienone is 2. The van der Waals surface area contributed by atoms with Crippen molar-refractivity contribution < 1.29 is 14.3 Å². The van der Waals surface area contributed by atoms with Gasteiger partial charge in [-0.05, 0) is 0 Å². The van der Waals surface area contributed by atoms with Crippen LogP contribution in [0.3, 0.4) is 0 Å². The molecule has 0 aromatic rings. The van der Waals surface area contributed by atoms with Crippen molar-refractivity contribution in [2.45, 2.75) is 4.32 Å². The van der Waals surface area contributed by atoms with E-state index >= 15 is 0 Å². The van der Waals surface area contributed by atoms with Gasteiger partial charge in [0.2, 0.25) is 0 Å². The molecule has 0 bridgehead atoms. The maximum atomic E-state index is 11.2. The highest BCUT2D eigenvalue weighted by atomic mass is 79.9. The van der Waals surface area contributed by atoms with Crippen molar-refractivity contribution in [2.24, 2.45) is 5.92 Å². The number of esters is 2. The number of rotatable bonds is 0. The van der Waals surface area contributed by atoms with E-state index in [0.29, 0.717) is 0 Å². The molecule has 4 heteroatoms. The molecular weight excluding hydrogens is 224 g/mol. The van der Waals surface area contributed by atoms with E-state index in [2.05, 4.69) is 20.7 Å². The summed E-state index contributed by atoms with van der Waals surface area (Å²) in [6, 6.07) is 0. The second-order valence-corrected chi connectivity index (χ2v) is 4.01. The third-order valence-electron chi connectivity index (χ3n) is 1.97. The largest absolute Gasteiger partial charge is 0.391 e. The van der Waals surface area contributed by atoms with Crippen LogP contribution < -0.4 is 0 Å². The average molecular weight is 229 g/mol. The summed E-state index contributed by atoms with van der Waals surface area (Å²) < 4.78 is 3.54. The lowest BCUT2D eigenvalue weighted by molar-refractivity contribution is -0.152. The lowest BCUT2D eigenvalue weighted by Gasteiger charge is -2.18. The predicted octanol–water partition coefficient (Wildman–Crippen LogP) is 0.946. The van der Waals surface area contributed by atoms with E-state index in [4.69, 9.17) is 0 Å². The second-order valence-electron chi connectivity index (χ2n) is 2.70. The van der Waals surface area contributed by atoms with Crippen LogP contribution in [0.15, 0.2) is 24.3 Å². The fourth-order valence-electron chi connectivity index (χ4n) is 1.29. The molecular formula is C8H5BrO3. The zero-order valence-electron chi connectivity index (χ0n) is 5.99. The van der Waals surface area contributed by atoms with E-state index in [-0.39, 0.29) is 0 Å². The first-order valence-electron chi connectivity index (χ1n) is 3.45. The van der Waals surface area contributed by atoms with Crippen molar-refractivity contribution in [3.8, 4) is 0 Å². The van der Waals surface area contributed by atoms with E-state index in [0.717, 1.165) is 0 Å². The molecule has 0 radical (unpaired) electrons. The Morgan fingerprint density at radius 2 is 2.17 bits per heavy atom. The highest BCUT2D eigenvalue weighted by Gasteiger charge is 2.54. The van der Waals surface area contributed by atoms with E-state index in [1.165, 1.54) is 0 Å². The number of hydrogen-bond donors (Lipinski definition) is 0. The van der Waals surface area contributed by atoms with Gasteiger partial charge in [0.1, 0.15) is 5.92 Å². The molecule has 2 atom stereocenters. The lowest BCUT2D eigenvalue weighted by Crippen LogP contribution is -2.32. The van der Waals surface area contributed by atoms with Crippen LogP contribution in [-0.2, 0) is 14.3 Å². The third-order valence-corrected chi connectivity index (χ3v) is 3.05. The Morgan fingerprint density at radius 1 is 1.42 bits per heavy atom. The maximum Gasteiger partial charge on any atom is 0.335 e. The summed E-state index contributed by atoms with van der Waals surface area (Å²) in [6.07, 6.45) is 6.72. The molecule has 0 aromatic heterocycles. The van der Waals surface area contributed by atoms with E-state index < -0.39 is 22.2 Å². The zero-order valence-corrected chi connectivity index (χ0v) is 7.58. The number of ether oxygens (including phenoxy) is 1. The molecule has 0 N–H and O–H groups in total. The molecule has 2 aliphatic rings. The molecule has 12 heavy (non-hydrogen) atoms. The van der Waals surface area contributed by atoms with Gasteiger partial charge in [0.05, 0.1) is 0 Å². The molecule has 0 aromatic carbocycles. The molecule has 1 saturated heterocycles. The number of alkyl halides is 1. The number of cyclic esters (lactones) is 2. The fourth-order valence-corrected chi connectivity index (χ4v) is 1.87. The molecule has 62 valence electrons. The minimum Gasteiger partial charge on any atom is -0.391 e. The molecule has 0 spiro atoms. The van der Waals surface area contributed by atoms with Gasteiger partial charge in [-0.25, -0.2) is 4.79 Å². The van der Waals surface area contributed by atoms with Gasteiger partial charge in [-0.15, -0.1) is 0 Å². The van der Waals surface area contributed by atoms with Crippen molar-refractivity contribution in [3.05, 3.63) is 24.3 Å². The summed E-state index contributed by atoms with van der Waals surface area (Å²) in [4.78, 5) is 22.2. The van der Waals surface area contributed by atoms with Crippen LogP contribution in [0, 0.1) is 5.92 Å². The average Bonchev–Trinajstić information content (AvgIpc) is 2.25. The Hall–Kier alpha value is -0.900. The van der Waals surface area contributed by atoms with Gasteiger partial charge in [0.15, 0.2) is 4.32 Å². The van der Waals surface area contributed by atoms with Gasteiger partial charge in [-0.3, -0.25) is 4.79 Å². The monoisotopic (exact) mass is 228 g/mol. The Labute approximate surface area is 77.2 Å². The highest BCUT2D eigenvalue weighted by Crippen LogP contribution is 2.40. The zero-order chi connectivity index (χ0) is 8.77. The first-order valence-corrected chi connectivity index (χ1v) is 4.25. The summed E-state index contributed by atoms with van der Waals surface area (Å²) in [5.74, 6) is -1.52. The molecule has 2 unspecified atom stereocenters. The molecule has 1 aliphatic carbocycles. The van der Waals surface area contributed by atoms with Crippen molar-refractivity contribution in [2.75, 3.05) is 0 Å². The first kappa shape index (κ1) is 7.73. The molecule has 1 fully saturated rings. The minimum absolute atomic E-state index is 0.488. The number of carbonyl (C=O) groups is 2. The molecule has 0 amide bonds. The fraction of sp³-hybridized carbons (Fsp3) is 0.250. The smallest absolute Gasteiger partial charge is 0.335 e. The molecule has 1 heterocycles. The number of hydrogen-bond acceptors (Lipinski definition) is 3. The van der Waals surface area contributed by atoms with Crippen LogP contribution in [0.25, 0.3) is 0 Å². The normalized spacial score (nSPS) is 38.2. The standard InChI is InChI=1S/C8H5BrO3/c9-8-4-2-1-3-5(8)6(10)12-7(8)11/h1-5H. The summed E-state index contributed by atoms with van der Waals surface area (Å²) in [6.45, 7) is 0. The van der Waals surface area contributed by atoms with Gasteiger partial charge in [-0.2, -0.15) is 0 Å². The van der Waals surface area contributed by atoms with Crippen LogP contribution in [0.4, 0.5) is 0 Å². The van der Waals surface area contributed by atoms with Crippen LogP contribution in [-0.4, -0.2) is 16.3 Å². The first-order chi connectivity index (χ1) is 5.64.